The summed E-state index contributed by atoms with van der Waals surface area (Å²) in [5.74, 6) is -0.423. The number of amides is 2. The van der Waals surface area contributed by atoms with Crippen molar-refractivity contribution in [2.45, 2.75) is 6.54 Å². The lowest BCUT2D eigenvalue weighted by atomic mass is 10.3. The Hall–Kier alpha value is -2.41. The molecule has 7 heteroatoms. The van der Waals surface area contributed by atoms with Gasteiger partial charge in [0.15, 0.2) is 0 Å². The fourth-order valence-corrected chi connectivity index (χ4v) is 1.51. The van der Waals surface area contributed by atoms with Crippen LogP contribution >= 0.6 is 0 Å². The number of carbonyl (C=O) groups excluding carboxylic acids is 1. The number of carbonyl (C=O) groups is 1. The minimum Gasteiger partial charge on any atom is -0.394 e. The third-order valence-electron chi connectivity index (χ3n) is 2.30. The monoisotopic (exact) mass is 264 g/mol. The van der Waals surface area contributed by atoms with Crippen molar-refractivity contribution in [3.8, 4) is 0 Å². The van der Waals surface area contributed by atoms with Crippen LogP contribution in [0.2, 0.25) is 0 Å². The van der Waals surface area contributed by atoms with Gasteiger partial charge in [-0.15, -0.1) is 0 Å². The Bertz CT molecular complexity index is 570. The van der Waals surface area contributed by atoms with Crippen LogP contribution < -0.4 is 10.6 Å². The van der Waals surface area contributed by atoms with Crippen LogP contribution in [-0.2, 0) is 6.54 Å². The van der Waals surface area contributed by atoms with Gasteiger partial charge in [-0.25, -0.2) is 9.18 Å². The first kappa shape index (κ1) is 13.0. The van der Waals surface area contributed by atoms with Crippen molar-refractivity contribution in [2.24, 2.45) is 0 Å². The summed E-state index contributed by atoms with van der Waals surface area (Å²) in [5.41, 5.74) is 0.850. The topological polar surface area (TPSA) is 79.2 Å². The average molecular weight is 264 g/mol. The molecule has 0 unspecified atom stereocenters. The number of nitrogens with zero attached hydrogens (tertiary/aromatic N) is 2. The van der Waals surface area contributed by atoms with Crippen LogP contribution in [0.15, 0.2) is 36.7 Å². The summed E-state index contributed by atoms with van der Waals surface area (Å²) in [4.78, 5) is 11.6. The van der Waals surface area contributed by atoms with Crippen LogP contribution in [0.1, 0.15) is 0 Å². The van der Waals surface area contributed by atoms with Gasteiger partial charge in [-0.05, 0) is 18.2 Å². The first-order chi connectivity index (χ1) is 9.17. The molecule has 100 valence electrons. The molecular formula is C12H13FN4O2. The second kappa shape index (κ2) is 5.96. The molecule has 2 rings (SSSR count). The molecule has 1 heterocycles. The van der Waals surface area contributed by atoms with E-state index in [9.17, 15) is 9.18 Å². The maximum atomic E-state index is 12.9. The van der Waals surface area contributed by atoms with Gasteiger partial charge in [0.25, 0.3) is 0 Å². The van der Waals surface area contributed by atoms with E-state index in [4.69, 9.17) is 5.11 Å². The molecule has 0 fully saturated rings. The molecule has 0 bridgehead atoms. The zero-order valence-electron chi connectivity index (χ0n) is 10.0. The number of benzene rings is 1. The van der Waals surface area contributed by atoms with Crippen LogP contribution in [0.5, 0.6) is 0 Å². The first-order valence-electron chi connectivity index (χ1n) is 5.64. The summed E-state index contributed by atoms with van der Waals surface area (Å²) >= 11 is 0. The maximum absolute atomic E-state index is 12.9. The van der Waals surface area contributed by atoms with Gasteiger partial charge in [-0.1, -0.05) is 6.07 Å². The lowest BCUT2D eigenvalue weighted by molar-refractivity contribution is 0.262. The van der Waals surface area contributed by atoms with Gasteiger partial charge in [0.1, 0.15) is 5.82 Å². The number of hydrogen-bond donors (Lipinski definition) is 3. The van der Waals surface area contributed by atoms with E-state index in [-0.39, 0.29) is 6.61 Å². The van der Waals surface area contributed by atoms with E-state index in [2.05, 4.69) is 15.7 Å². The van der Waals surface area contributed by atoms with E-state index >= 15 is 0 Å². The number of aromatic nitrogens is 2. The third kappa shape index (κ3) is 3.78. The number of aliphatic hydroxyl groups excluding tert-OH is 1. The van der Waals surface area contributed by atoms with Gasteiger partial charge in [0, 0.05) is 11.9 Å². The Kier molecular flexibility index (Phi) is 4.09. The third-order valence-corrected chi connectivity index (χ3v) is 2.30. The van der Waals surface area contributed by atoms with Crippen molar-refractivity contribution in [3.63, 3.8) is 0 Å². The summed E-state index contributed by atoms with van der Waals surface area (Å²) < 4.78 is 14.4. The first-order valence-corrected chi connectivity index (χ1v) is 5.64. The fourth-order valence-electron chi connectivity index (χ4n) is 1.51. The van der Waals surface area contributed by atoms with Crippen LogP contribution in [0.25, 0.3) is 0 Å². The lowest BCUT2D eigenvalue weighted by Crippen LogP contribution is -2.19. The fraction of sp³-hybridized carbons (Fsp3) is 0.167. The largest absolute Gasteiger partial charge is 0.394 e. The molecule has 6 nitrogen and oxygen atoms in total. The number of halogens is 1. The van der Waals surface area contributed by atoms with E-state index in [1.807, 2.05) is 0 Å². The number of aliphatic hydroxyl groups is 1. The van der Waals surface area contributed by atoms with Gasteiger partial charge in [0.2, 0.25) is 0 Å². The van der Waals surface area contributed by atoms with Crippen molar-refractivity contribution in [2.75, 3.05) is 17.2 Å². The van der Waals surface area contributed by atoms with Crippen molar-refractivity contribution < 1.29 is 14.3 Å². The maximum Gasteiger partial charge on any atom is 0.323 e. The van der Waals surface area contributed by atoms with Crippen LogP contribution in [-0.4, -0.2) is 27.5 Å². The van der Waals surface area contributed by atoms with Gasteiger partial charge in [0.05, 0.1) is 25.0 Å². The van der Waals surface area contributed by atoms with E-state index in [0.717, 1.165) is 0 Å². The standard InChI is InChI=1S/C12H13FN4O2/c13-9-2-1-3-10(6-9)15-12(19)16-11-7-14-17(8-11)4-5-18/h1-3,6-8,18H,4-5H2,(H2,15,16,19). The summed E-state index contributed by atoms with van der Waals surface area (Å²) in [7, 11) is 0. The van der Waals surface area contributed by atoms with Crippen LogP contribution in [0.3, 0.4) is 0 Å². The lowest BCUT2D eigenvalue weighted by Gasteiger charge is -2.05. The van der Waals surface area contributed by atoms with Crippen molar-refractivity contribution in [1.29, 1.82) is 0 Å². The second-order valence-corrected chi connectivity index (χ2v) is 3.81. The second-order valence-electron chi connectivity index (χ2n) is 3.81. The smallest absolute Gasteiger partial charge is 0.323 e. The Balaban J connectivity index is 1.93. The SMILES string of the molecule is O=C(Nc1cccc(F)c1)Nc1cnn(CCO)c1. The highest BCUT2D eigenvalue weighted by Gasteiger charge is 2.05. The highest BCUT2D eigenvalue weighted by molar-refractivity contribution is 5.99. The van der Waals surface area contributed by atoms with Crippen LogP contribution in [0.4, 0.5) is 20.6 Å². The molecule has 0 aliphatic heterocycles. The summed E-state index contributed by atoms with van der Waals surface area (Å²) in [6, 6.07) is 5.10. The zero-order chi connectivity index (χ0) is 13.7. The molecule has 19 heavy (non-hydrogen) atoms. The molecule has 0 aliphatic rings. The molecule has 0 saturated heterocycles. The molecule has 0 aliphatic carbocycles. The van der Waals surface area contributed by atoms with E-state index in [1.54, 1.807) is 12.3 Å². The highest BCUT2D eigenvalue weighted by Crippen LogP contribution is 2.10. The normalized spacial score (nSPS) is 10.2. The van der Waals surface area contributed by atoms with Crippen molar-refractivity contribution in [3.05, 3.63) is 42.5 Å². The Morgan fingerprint density at radius 1 is 1.37 bits per heavy atom. The number of urea groups is 1. The molecule has 2 amide bonds. The van der Waals surface area contributed by atoms with E-state index < -0.39 is 11.8 Å². The van der Waals surface area contributed by atoms with Gasteiger partial charge in [-0.2, -0.15) is 5.10 Å². The molecule has 0 spiro atoms. The molecule has 1 aromatic heterocycles. The quantitative estimate of drug-likeness (QED) is 0.785. The predicted octanol–water partition coefficient (Wildman–Crippen LogP) is 1.66. The highest BCUT2D eigenvalue weighted by atomic mass is 19.1. The Labute approximate surface area is 108 Å². The van der Waals surface area contributed by atoms with Gasteiger partial charge >= 0.3 is 6.03 Å². The number of nitrogens with one attached hydrogen (secondary N) is 2. The van der Waals surface area contributed by atoms with Crippen molar-refractivity contribution in [1.82, 2.24) is 9.78 Å². The van der Waals surface area contributed by atoms with E-state index in [1.165, 1.54) is 29.1 Å². The molecular weight excluding hydrogens is 251 g/mol. The van der Waals surface area contributed by atoms with E-state index in [0.29, 0.717) is 17.9 Å². The predicted molar refractivity (Wildman–Crippen MR) is 68.4 cm³/mol. The molecule has 1 aromatic carbocycles. The minimum absolute atomic E-state index is 0.0311. The Morgan fingerprint density at radius 2 is 2.16 bits per heavy atom. The molecule has 0 atom stereocenters. The van der Waals surface area contributed by atoms with Gasteiger partial charge < -0.3 is 15.7 Å². The number of hydrogen-bond acceptors (Lipinski definition) is 3. The molecule has 2 aromatic rings. The van der Waals surface area contributed by atoms with Crippen molar-refractivity contribution >= 4 is 17.4 Å². The number of anilines is 2. The number of rotatable bonds is 4. The molecule has 3 N–H and O–H groups in total. The Morgan fingerprint density at radius 3 is 2.89 bits per heavy atom. The summed E-state index contributed by atoms with van der Waals surface area (Å²) in [6.45, 7) is 0.323. The molecule has 0 radical (unpaired) electrons. The summed E-state index contributed by atoms with van der Waals surface area (Å²) in [6.07, 6.45) is 3.04. The van der Waals surface area contributed by atoms with Gasteiger partial charge in [-0.3, -0.25) is 4.68 Å². The molecule has 0 saturated carbocycles. The minimum atomic E-state index is -0.492. The average Bonchev–Trinajstić information content (AvgIpc) is 2.77. The summed E-state index contributed by atoms with van der Waals surface area (Å²) in [5, 5.41) is 17.7. The van der Waals surface area contributed by atoms with Crippen LogP contribution in [0, 0.1) is 5.82 Å². The zero-order valence-corrected chi connectivity index (χ0v) is 10.0.